The van der Waals surface area contributed by atoms with Crippen LogP contribution in [0.5, 0.6) is 0 Å². The second-order valence-electron chi connectivity index (χ2n) is 2.03. The minimum absolute atomic E-state index is 0.00810. The van der Waals surface area contributed by atoms with Gasteiger partial charge in [0.15, 0.2) is 0 Å². The summed E-state index contributed by atoms with van der Waals surface area (Å²) in [4.78, 5) is 0.648. The van der Waals surface area contributed by atoms with Crippen molar-refractivity contribution in [3.8, 4) is 0 Å². The summed E-state index contributed by atoms with van der Waals surface area (Å²) in [6.07, 6.45) is 0. The molecular weight excluding hydrogens is 160 g/mol. The number of thiophene rings is 1. The minimum atomic E-state index is 0.00810. The summed E-state index contributed by atoms with van der Waals surface area (Å²) in [6, 6.07) is 1.63. The number of amidine groups is 2. The normalized spacial score (nSPS) is 9.45. The molecule has 0 spiro atoms. The first-order chi connectivity index (χ1) is 5.11. The number of nitrogens with one attached hydrogen (secondary N) is 2. The van der Waals surface area contributed by atoms with Crippen LogP contribution in [0.25, 0.3) is 0 Å². The zero-order valence-electron chi connectivity index (χ0n) is 5.72. The first kappa shape index (κ1) is 7.74. The van der Waals surface area contributed by atoms with Crippen molar-refractivity contribution in [2.45, 2.75) is 0 Å². The van der Waals surface area contributed by atoms with Gasteiger partial charge in [0, 0.05) is 10.9 Å². The van der Waals surface area contributed by atoms with E-state index < -0.39 is 0 Å². The molecule has 0 aliphatic rings. The Bertz CT molecular complexity index is 273. The highest BCUT2D eigenvalue weighted by Gasteiger charge is 2.03. The molecule has 0 amide bonds. The van der Waals surface area contributed by atoms with Crippen LogP contribution >= 0.6 is 11.3 Å². The second-order valence-corrected chi connectivity index (χ2v) is 2.94. The van der Waals surface area contributed by atoms with Gasteiger partial charge in [-0.15, -0.1) is 11.3 Å². The third-order valence-corrected chi connectivity index (χ3v) is 2.14. The third-order valence-electron chi connectivity index (χ3n) is 1.18. The van der Waals surface area contributed by atoms with Gasteiger partial charge in [-0.2, -0.15) is 0 Å². The smallest absolute Gasteiger partial charge is 0.133 e. The van der Waals surface area contributed by atoms with E-state index in [1.807, 2.05) is 0 Å². The second kappa shape index (κ2) is 2.71. The van der Waals surface area contributed by atoms with E-state index in [1.165, 1.54) is 11.3 Å². The Balaban J connectivity index is 2.99. The van der Waals surface area contributed by atoms with E-state index >= 15 is 0 Å². The van der Waals surface area contributed by atoms with E-state index in [0.29, 0.717) is 10.4 Å². The molecule has 0 bridgehead atoms. The topological polar surface area (TPSA) is 99.7 Å². The molecule has 58 valence electrons. The quantitative estimate of drug-likeness (QED) is 0.377. The van der Waals surface area contributed by atoms with Crippen LogP contribution in [0.15, 0.2) is 11.4 Å². The van der Waals surface area contributed by atoms with Crippen molar-refractivity contribution in [3.63, 3.8) is 0 Å². The van der Waals surface area contributed by atoms with E-state index in [4.69, 9.17) is 22.3 Å². The van der Waals surface area contributed by atoms with Crippen LogP contribution in [0.1, 0.15) is 10.4 Å². The lowest BCUT2D eigenvalue weighted by Crippen LogP contribution is -2.11. The molecule has 0 aliphatic heterocycles. The van der Waals surface area contributed by atoms with Gasteiger partial charge in [0.2, 0.25) is 0 Å². The highest BCUT2D eigenvalue weighted by Crippen LogP contribution is 2.12. The zero-order chi connectivity index (χ0) is 8.43. The Kier molecular flexibility index (Phi) is 1.91. The number of hydrogen-bond acceptors (Lipinski definition) is 3. The van der Waals surface area contributed by atoms with E-state index in [-0.39, 0.29) is 11.7 Å². The highest BCUT2D eigenvalue weighted by atomic mass is 32.1. The van der Waals surface area contributed by atoms with E-state index in [9.17, 15) is 0 Å². The molecular formula is C6H8N4S. The maximum absolute atomic E-state index is 7.07. The fraction of sp³-hybridized carbons (Fsp3) is 0. The van der Waals surface area contributed by atoms with Crippen molar-refractivity contribution in [3.05, 3.63) is 21.9 Å². The van der Waals surface area contributed by atoms with E-state index in [1.54, 1.807) is 11.4 Å². The number of rotatable bonds is 2. The van der Waals surface area contributed by atoms with Crippen LogP contribution in [-0.2, 0) is 0 Å². The van der Waals surface area contributed by atoms with Gasteiger partial charge in [0.05, 0.1) is 4.88 Å². The Labute approximate surface area is 67.9 Å². The average Bonchev–Trinajstić information content (AvgIpc) is 2.33. The molecule has 0 aromatic carbocycles. The molecule has 5 heteroatoms. The van der Waals surface area contributed by atoms with Gasteiger partial charge in [-0.05, 0) is 6.07 Å². The Hall–Kier alpha value is -1.36. The van der Waals surface area contributed by atoms with Crippen molar-refractivity contribution >= 4 is 23.0 Å². The van der Waals surface area contributed by atoms with Gasteiger partial charge in [-0.1, -0.05) is 0 Å². The molecule has 1 aromatic rings. The molecule has 1 heterocycles. The fourth-order valence-corrected chi connectivity index (χ4v) is 1.39. The summed E-state index contributed by atoms with van der Waals surface area (Å²) in [5.74, 6) is 0.0243. The van der Waals surface area contributed by atoms with Crippen LogP contribution in [0.4, 0.5) is 0 Å². The summed E-state index contributed by atoms with van der Waals surface area (Å²) >= 11 is 1.32. The van der Waals surface area contributed by atoms with Gasteiger partial charge in [0.1, 0.15) is 11.7 Å². The molecule has 0 aliphatic carbocycles. The van der Waals surface area contributed by atoms with Gasteiger partial charge in [-0.3, -0.25) is 10.8 Å². The van der Waals surface area contributed by atoms with Gasteiger partial charge in [0.25, 0.3) is 0 Å². The van der Waals surface area contributed by atoms with Crippen molar-refractivity contribution in [2.24, 2.45) is 11.5 Å². The van der Waals surface area contributed by atoms with Crippen LogP contribution in [0.3, 0.4) is 0 Å². The molecule has 0 atom stereocenters. The summed E-state index contributed by atoms with van der Waals surface area (Å²) in [6.45, 7) is 0. The van der Waals surface area contributed by atoms with Gasteiger partial charge in [-0.25, -0.2) is 0 Å². The Morgan fingerprint density at radius 2 is 1.91 bits per heavy atom. The molecule has 0 fully saturated rings. The van der Waals surface area contributed by atoms with Crippen molar-refractivity contribution in [2.75, 3.05) is 0 Å². The first-order valence-corrected chi connectivity index (χ1v) is 3.76. The number of nitrogen functional groups attached to an aromatic ring is 2. The van der Waals surface area contributed by atoms with E-state index in [2.05, 4.69) is 0 Å². The van der Waals surface area contributed by atoms with Gasteiger partial charge < -0.3 is 11.5 Å². The lowest BCUT2D eigenvalue weighted by atomic mass is 10.3. The number of hydrogen-bond donors (Lipinski definition) is 4. The zero-order valence-corrected chi connectivity index (χ0v) is 6.53. The standard InChI is InChI=1S/C6H8N4S/c7-5(8)3-1-4(6(9)10)11-2-3/h1-2H,(H3,7,8)(H3,9,10). The maximum atomic E-state index is 7.07. The predicted molar refractivity (Wildman–Crippen MR) is 46.4 cm³/mol. The predicted octanol–water partition coefficient (Wildman–Crippen LogP) is 0.316. The lowest BCUT2D eigenvalue weighted by molar-refractivity contribution is 1.43. The molecule has 1 aromatic heterocycles. The molecule has 4 nitrogen and oxygen atoms in total. The lowest BCUT2D eigenvalue weighted by Gasteiger charge is -1.89. The largest absolute Gasteiger partial charge is 0.384 e. The monoisotopic (exact) mass is 168 g/mol. The SMILES string of the molecule is N=C(N)c1csc(C(=N)N)c1. The van der Waals surface area contributed by atoms with Crippen molar-refractivity contribution in [1.82, 2.24) is 0 Å². The summed E-state index contributed by atoms with van der Waals surface area (Å²) < 4.78 is 0. The molecule has 6 N–H and O–H groups in total. The van der Waals surface area contributed by atoms with Crippen LogP contribution in [-0.4, -0.2) is 11.7 Å². The molecule has 0 saturated carbocycles. The fourth-order valence-electron chi connectivity index (χ4n) is 0.619. The third kappa shape index (κ3) is 1.56. The molecule has 11 heavy (non-hydrogen) atoms. The molecule has 1 rings (SSSR count). The molecule has 0 saturated heterocycles. The number of nitrogens with two attached hydrogens (primary N) is 2. The first-order valence-electron chi connectivity index (χ1n) is 2.88. The summed E-state index contributed by atoms with van der Waals surface area (Å²) in [5, 5.41) is 15.8. The molecule has 0 radical (unpaired) electrons. The molecule has 0 unspecified atom stereocenters. The van der Waals surface area contributed by atoms with Crippen LogP contribution in [0, 0.1) is 10.8 Å². The van der Waals surface area contributed by atoms with Crippen molar-refractivity contribution < 1.29 is 0 Å². The van der Waals surface area contributed by atoms with Crippen molar-refractivity contribution in [1.29, 1.82) is 10.8 Å². The van der Waals surface area contributed by atoms with Crippen LogP contribution in [0.2, 0.25) is 0 Å². The Morgan fingerprint density at radius 1 is 1.27 bits per heavy atom. The maximum Gasteiger partial charge on any atom is 0.133 e. The average molecular weight is 168 g/mol. The van der Waals surface area contributed by atoms with E-state index in [0.717, 1.165) is 0 Å². The van der Waals surface area contributed by atoms with Crippen LogP contribution < -0.4 is 11.5 Å². The highest BCUT2D eigenvalue weighted by molar-refractivity contribution is 7.12. The minimum Gasteiger partial charge on any atom is -0.384 e. The Morgan fingerprint density at radius 3 is 2.18 bits per heavy atom. The van der Waals surface area contributed by atoms with Gasteiger partial charge >= 0.3 is 0 Å². The summed E-state index contributed by atoms with van der Waals surface area (Å²) in [7, 11) is 0. The summed E-state index contributed by atoms with van der Waals surface area (Å²) in [5.41, 5.74) is 11.0.